The Labute approximate surface area is 68.7 Å². The van der Waals surface area contributed by atoms with Crippen molar-refractivity contribution in [3.8, 4) is 0 Å². The third-order valence-corrected chi connectivity index (χ3v) is 1.81. The van der Waals surface area contributed by atoms with Crippen LogP contribution in [0.15, 0.2) is 0 Å². The van der Waals surface area contributed by atoms with Gasteiger partial charge in [-0.3, -0.25) is 0 Å². The summed E-state index contributed by atoms with van der Waals surface area (Å²) in [5, 5.41) is 0.219. The van der Waals surface area contributed by atoms with Crippen LogP contribution < -0.4 is 0 Å². The first-order chi connectivity index (χ1) is 4.81. The Balaban J connectivity index is 2.97. The first-order valence-corrected chi connectivity index (χ1v) is 4.38. The fourth-order valence-electron chi connectivity index (χ4n) is 0.880. The summed E-state index contributed by atoms with van der Waals surface area (Å²) in [6.45, 7) is 2.88. The van der Waals surface area contributed by atoms with Gasteiger partial charge in [-0.15, -0.1) is 11.6 Å². The molecule has 0 bridgehead atoms. The number of unbranched alkanes of at least 4 members (excludes halogenated alkanes) is 2. The first-order valence-electron chi connectivity index (χ1n) is 3.94. The molecule has 0 aromatic heterocycles. The Morgan fingerprint density at radius 1 is 1.40 bits per heavy atom. The lowest BCUT2D eigenvalue weighted by Crippen LogP contribution is -2.06. The van der Waals surface area contributed by atoms with Crippen LogP contribution in [0.4, 0.5) is 0 Å². The van der Waals surface area contributed by atoms with Gasteiger partial charge in [0.15, 0.2) is 0 Å². The van der Waals surface area contributed by atoms with Crippen LogP contribution >= 0.6 is 11.6 Å². The lowest BCUT2D eigenvalue weighted by molar-refractivity contribution is 0.194. The summed E-state index contributed by atoms with van der Waals surface area (Å²) >= 11 is 5.89. The molecule has 0 saturated heterocycles. The molecule has 0 radical (unpaired) electrons. The summed E-state index contributed by atoms with van der Waals surface area (Å²) in [4.78, 5) is 0. The molecule has 0 aliphatic rings. The van der Waals surface area contributed by atoms with E-state index in [4.69, 9.17) is 16.3 Å². The van der Waals surface area contributed by atoms with E-state index in [1.165, 1.54) is 19.3 Å². The molecular formula is C8H17ClO. The molecule has 0 aromatic rings. The van der Waals surface area contributed by atoms with Crippen LogP contribution in [0.2, 0.25) is 0 Å². The van der Waals surface area contributed by atoms with E-state index in [1.807, 2.05) is 0 Å². The number of hydrogen-bond acceptors (Lipinski definition) is 1. The number of rotatable bonds is 6. The normalized spacial score (nSPS) is 13.5. The maximum atomic E-state index is 5.89. The van der Waals surface area contributed by atoms with Crippen LogP contribution in [0.1, 0.15) is 32.6 Å². The molecule has 0 rings (SSSR count). The second-order valence-corrected chi connectivity index (χ2v) is 3.17. The van der Waals surface area contributed by atoms with Crippen LogP contribution in [-0.2, 0) is 4.74 Å². The van der Waals surface area contributed by atoms with Crippen LogP contribution in [0.5, 0.6) is 0 Å². The molecule has 0 spiro atoms. The number of ether oxygens (including phenoxy) is 1. The van der Waals surface area contributed by atoms with Gasteiger partial charge in [-0.05, 0) is 6.42 Å². The monoisotopic (exact) mass is 164 g/mol. The fourth-order valence-corrected chi connectivity index (χ4v) is 1.16. The van der Waals surface area contributed by atoms with Crippen molar-refractivity contribution in [1.82, 2.24) is 0 Å². The Morgan fingerprint density at radius 2 is 2.10 bits per heavy atom. The van der Waals surface area contributed by atoms with Gasteiger partial charge in [0.1, 0.15) is 0 Å². The molecule has 1 atom stereocenters. The van der Waals surface area contributed by atoms with Crippen molar-refractivity contribution in [1.29, 1.82) is 0 Å². The van der Waals surface area contributed by atoms with Crippen molar-refractivity contribution >= 4 is 11.6 Å². The Hall–Kier alpha value is 0.250. The van der Waals surface area contributed by atoms with Gasteiger partial charge in [0.25, 0.3) is 0 Å². The van der Waals surface area contributed by atoms with E-state index in [0.717, 1.165) is 6.42 Å². The van der Waals surface area contributed by atoms with Crippen molar-refractivity contribution in [2.75, 3.05) is 13.7 Å². The standard InChI is InChI=1S/C8H17ClO/c1-3-4-5-6-8(9)7-10-2/h8H,3-7H2,1-2H3. The third-order valence-electron chi connectivity index (χ3n) is 1.47. The van der Waals surface area contributed by atoms with E-state index in [1.54, 1.807) is 7.11 Å². The van der Waals surface area contributed by atoms with Crippen LogP contribution in [-0.4, -0.2) is 19.1 Å². The van der Waals surface area contributed by atoms with E-state index < -0.39 is 0 Å². The molecule has 1 nitrogen and oxygen atoms in total. The summed E-state index contributed by atoms with van der Waals surface area (Å²) in [7, 11) is 1.69. The second-order valence-electron chi connectivity index (χ2n) is 2.55. The number of halogens is 1. The van der Waals surface area contributed by atoms with Gasteiger partial charge in [0.2, 0.25) is 0 Å². The Kier molecular flexibility index (Phi) is 7.54. The van der Waals surface area contributed by atoms with Gasteiger partial charge in [0.05, 0.1) is 12.0 Å². The van der Waals surface area contributed by atoms with Crippen molar-refractivity contribution < 1.29 is 4.74 Å². The minimum Gasteiger partial charge on any atom is -0.383 e. The quantitative estimate of drug-likeness (QED) is 0.434. The van der Waals surface area contributed by atoms with E-state index in [2.05, 4.69) is 6.92 Å². The lowest BCUT2D eigenvalue weighted by atomic mass is 10.2. The predicted molar refractivity (Wildman–Crippen MR) is 45.7 cm³/mol. The number of alkyl halides is 1. The molecule has 0 N–H and O–H groups in total. The van der Waals surface area contributed by atoms with Crippen molar-refractivity contribution in [3.05, 3.63) is 0 Å². The minimum absolute atomic E-state index is 0.219. The summed E-state index contributed by atoms with van der Waals surface area (Å²) in [6, 6.07) is 0. The first kappa shape index (κ1) is 10.2. The third kappa shape index (κ3) is 6.37. The van der Waals surface area contributed by atoms with Gasteiger partial charge < -0.3 is 4.74 Å². The highest BCUT2D eigenvalue weighted by molar-refractivity contribution is 6.20. The summed E-state index contributed by atoms with van der Waals surface area (Å²) < 4.78 is 4.90. The van der Waals surface area contributed by atoms with E-state index >= 15 is 0 Å². The lowest BCUT2D eigenvalue weighted by Gasteiger charge is -2.06. The van der Waals surface area contributed by atoms with Gasteiger partial charge >= 0.3 is 0 Å². The molecule has 0 aliphatic carbocycles. The molecule has 0 aromatic carbocycles. The van der Waals surface area contributed by atoms with Gasteiger partial charge in [-0.2, -0.15) is 0 Å². The predicted octanol–water partition coefficient (Wildman–Crippen LogP) is 2.82. The summed E-state index contributed by atoms with van der Waals surface area (Å²) in [6.07, 6.45) is 4.86. The Bertz CT molecular complexity index is 66.3. The topological polar surface area (TPSA) is 9.23 Å². The second kappa shape index (κ2) is 7.36. The average molecular weight is 165 g/mol. The number of hydrogen-bond donors (Lipinski definition) is 0. The molecule has 0 heterocycles. The van der Waals surface area contributed by atoms with Crippen LogP contribution in [0.25, 0.3) is 0 Å². The molecule has 1 unspecified atom stereocenters. The summed E-state index contributed by atoms with van der Waals surface area (Å²) in [5.74, 6) is 0. The highest BCUT2D eigenvalue weighted by atomic mass is 35.5. The SMILES string of the molecule is CCCCCC(Cl)COC. The molecule has 62 valence electrons. The van der Waals surface area contributed by atoms with Gasteiger partial charge in [-0.1, -0.05) is 26.2 Å². The van der Waals surface area contributed by atoms with Gasteiger partial charge in [-0.25, -0.2) is 0 Å². The maximum Gasteiger partial charge on any atom is 0.0626 e. The average Bonchev–Trinajstić information content (AvgIpc) is 1.89. The molecule has 0 fully saturated rings. The van der Waals surface area contributed by atoms with Crippen LogP contribution in [0.3, 0.4) is 0 Å². The maximum absolute atomic E-state index is 5.89. The van der Waals surface area contributed by atoms with Crippen molar-refractivity contribution in [2.45, 2.75) is 38.0 Å². The minimum atomic E-state index is 0.219. The fraction of sp³-hybridized carbons (Fsp3) is 1.00. The van der Waals surface area contributed by atoms with Gasteiger partial charge in [0, 0.05) is 7.11 Å². The smallest absolute Gasteiger partial charge is 0.0626 e. The molecule has 0 saturated carbocycles. The molecular weight excluding hydrogens is 148 g/mol. The van der Waals surface area contributed by atoms with E-state index in [0.29, 0.717) is 6.61 Å². The van der Waals surface area contributed by atoms with Crippen LogP contribution in [0, 0.1) is 0 Å². The molecule has 0 aliphatic heterocycles. The highest BCUT2D eigenvalue weighted by Gasteiger charge is 2.01. The number of methoxy groups -OCH3 is 1. The van der Waals surface area contributed by atoms with Crippen molar-refractivity contribution in [3.63, 3.8) is 0 Å². The van der Waals surface area contributed by atoms with E-state index in [9.17, 15) is 0 Å². The van der Waals surface area contributed by atoms with E-state index in [-0.39, 0.29) is 5.38 Å². The van der Waals surface area contributed by atoms with Crippen molar-refractivity contribution in [2.24, 2.45) is 0 Å². The largest absolute Gasteiger partial charge is 0.383 e. The zero-order valence-corrected chi connectivity index (χ0v) is 7.66. The Morgan fingerprint density at radius 3 is 2.60 bits per heavy atom. The molecule has 2 heteroatoms. The molecule has 10 heavy (non-hydrogen) atoms. The molecule has 0 amide bonds. The zero-order chi connectivity index (χ0) is 7.82. The highest BCUT2D eigenvalue weighted by Crippen LogP contribution is 2.08. The summed E-state index contributed by atoms with van der Waals surface area (Å²) in [5.41, 5.74) is 0. The zero-order valence-electron chi connectivity index (χ0n) is 6.90.